The van der Waals surface area contributed by atoms with Gasteiger partial charge in [0.1, 0.15) is 5.75 Å². The van der Waals surface area contributed by atoms with Crippen LogP contribution in [0.1, 0.15) is 26.2 Å². The van der Waals surface area contributed by atoms with E-state index in [4.69, 9.17) is 10.6 Å². The summed E-state index contributed by atoms with van der Waals surface area (Å²) in [6.45, 7) is 2.00. The fourth-order valence-corrected chi connectivity index (χ4v) is 1.49. The van der Waals surface area contributed by atoms with Crippen molar-refractivity contribution in [3.63, 3.8) is 0 Å². The van der Waals surface area contributed by atoms with E-state index in [1.165, 1.54) is 6.92 Å². The Bertz CT molecular complexity index is 418. The highest BCUT2D eigenvalue weighted by Crippen LogP contribution is 2.16. The Kier molecular flexibility index (Phi) is 6.38. The Hall–Kier alpha value is -2.08. The van der Waals surface area contributed by atoms with E-state index in [0.717, 1.165) is 24.3 Å². The van der Waals surface area contributed by atoms with Gasteiger partial charge in [-0.2, -0.15) is 0 Å². The molecule has 0 spiro atoms. The van der Waals surface area contributed by atoms with Crippen LogP contribution in [0, 0.1) is 0 Å². The molecule has 0 aliphatic heterocycles. The Morgan fingerprint density at radius 1 is 1.21 bits per heavy atom. The predicted molar refractivity (Wildman–Crippen MR) is 72.4 cm³/mol. The summed E-state index contributed by atoms with van der Waals surface area (Å²) in [5.41, 5.74) is 2.82. The SMILES string of the molecule is CC(=O)Nc1ccc(OCCCCC(=O)NN)cc1. The monoisotopic (exact) mass is 265 g/mol. The van der Waals surface area contributed by atoms with Crippen LogP contribution in [-0.4, -0.2) is 18.4 Å². The molecule has 0 fully saturated rings. The lowest BCUT2D eigenvalue weighted by atomic mass is 10.2. The number of rotatable bonds is 7. The molecule has 0 bridgehead atoms. The van der Waals surface area contributed by atoms with Crippen LogP contribution >= 0.6 is 0 Å². The first-order valence-electron chi connectivity index (χ1n) is 6.11. The lowest BCUT2D eigenvalue weighted by Gasteiger charge is -2.07. The van der Waals surface area contributed by atoms with Gasteiger partial charge in [0.05, 0.1) is 6.61 Å². The van der Waals surface area contributed by atoms with Crippen LogP contribution < -0.4 is 21.3 Å². The Balaban J connectivity index is 2.22. The topological polar surface area (TPSA) is 93.4 Å². The molecule has 104 valence electrons. The number of carbonyl (C=O) groups is 2. The number of hydrogen-bond acceptors (Lipinski definition) is 4. The first-order chi connectivity index (χ1) is 9.11. The molecule has 1 rings (SSSR count). The first-order valence-corrected chi connectivity index (χ1v) is 6.11. The summed E-state index contributed by atoms with van der Waals surface area (Å²) >= 11 is 0. The van der Waals surface area contributed by atoms with Crippen LogP contribution in [-0.2, 0) is 9.59 Å². The van der Waals surface area contributed by atoms with Crippen molar-refractivity contribution in [2.45, 2.75) is 26.2 Å². The summed E-state index contributed by atoms with van der Waals surface area (Å²) < 4.78 is 5.51. The maximum Gasteiger partial charge on any atom is 0.233 e. The van der Waals surface area contributed by atoms with Crippen molar-refractivity contribution in [1.82, 2.24) is 5.43 Å². The zero-order chi connectivity index (χ0) is 14.1. The second-order valence-electron chi connectivity index (χ2n) is 4.08. The number of unbranched alkanes of at least 4 members (excludes halogenated alkanes) is 1. The van der Waals surface area contributed by atoms with E-state index in [2.05, 4.69) is 10.7 Å². The van der Waals surface area contributed by atoms with E-state index in [1.54, 1.807) is 24.3 Å². The first kappa shape index (κ1) is 15.0. The second kappa shape index (κ2) is 8.10. The van der Waals surface area contributed by atoms with Crippen LogP contribution in [0.3, 0.4) is 0 Å². The minimum Gasteiger partial charge on any atom is -0.494 e. The molecule has 19 heavy (non-hydrogen) atoms. The fraction of sp³-hybridized carbons (Fsp3) is 0.385. The Morgan fingerprint density at radius 2 is 1.89 bits per heavy atom. The molecule has 0 saturated carbocycles. The molecular weight excluding hydrogens is 246 g/mol. The highest BCUT2D eigenvalue weighted by molar-refractivity contribution is 5.88. The standard InChI is InChI=1S/C13H19N3O3/c1-10(17)15-11-5-7-12(8-6-11)19-9-3-2-4-13(18)16-14/h5-8H,2-4,9,14H2,1H3,(H,15,17)(H,16,18). The third kappa shape index (κ3) is 6.42. The van der Waals surface area contributed by atoms with Gasteiger partial charge in [0, 0.05) is 19.0 Å². The van der Waals surface area contributed by atoms with Gasteiger partial charge in [-0.05, 0) is 37.1 Å². The number of nitrogens with two attached hydrogens (primary N) is 1. The van der Waals surface area contributed by atoms with E-state index >= 15 is 0 Å². The summed E-state index contributed by atoms with van der Waals surface area (Å²) in [7, 11) is 0. The van der Waals surface area contributed by atoms with Crippen molar-refractivity contribution in [2.75, 3.05) is 11.9 Å². The van der Waals surface area contributed by atoms with E-state index in [0.29, 0.717) is 13.0 Å². The van der Waals surface area contributed by atoms with Crippen LogP contribution in [0.5, 0.6) is 5.75 Å². The molecule has 2 amide bonds. The van der Waals surface area contributed by atoms with Crippen LogP contribution in [0.15, 0.2) is 24.3 Å². The van der Waals surface area contributed by atoms with Crippen molar-refractivity contribution in [3.8, 4) is 5.75 Å². The number of anilines is 1. The van der Waals surface area contributed by atoms with Crippen molar-refractivity contribution in [2.24, 2.45) is 5.84 Å². The fourth-order valence-electron chi connectivity index (χ4n) is 1.49. The highest BCUT2D eigenvalue weighted by Gasteiger charge is 1.99. The van der Waals surface area contributed by atoms with Gasteiger partial charge >= 0.3 is 0 Å². The number of carbonyl (C=O) groups excluding carboxylic acids is 2. The average molecular weight is 265 g/mol. The summed E-state index contributed by atoms with van der Waals surface area (Å²) in [4.78, 5) is 21.7. The van der Waals surface area contributed by atoms with Gasteiger partial charge in [0.2, 0.25) is 11.8 Å². The van der Waals surface area contributed by atoms with Gasteiger partial charge in [-0.15, -0.1) is 0 Å². The number of benzene rings is 1. The molecule has 0 aliphatic carbocycles. The maximum atomic E-state index is 10.9. The number of hydrogen-bond donors (Lipinski definition) is 3. The third-order valence-corrected chi connectivity index (χ3v) is 2.40. The minimum absolute atomic E-state index is 0.105. The Labute approximate surface area is 112 Å². The van der Waals surface area contributed by atoms with Gasteiger partial charge < -0.3 is 10.1 Å². The van der Waals surface area contributed by atoms with E-state index < -0.39 is 0 Å². The normalized spacial score (nSPS) is 9.79. The molecule has 0 heterocycles. The molecule has 0 aliphatic rings. The number of amides is 2. The van der Waals surface area contributed by atoms with Crippen molar-refractivity contribution >= 4 is 17.5 Å². The smallest absolute Gasteiger partial charge is 0.233 e. The third-order valence-electron chi connectivity index (χ3n) is 2.40. The molecule has 6 nitrogen and oxygen atoms in total. The summed E-state index contributed by atoms with van der Waals surface area (Å²) in [6, 6.07) is 7.13. The number of hydrazine groups is 1. The molecular formula is C13H19N3O3. The molecule has 4 N–H and O–H groups in total. The number of nitrogens with one attached hydrogen (secondary N) is 2. The Morgan fingerprint density at radius 3 is 2.47 bits per heavy atom. The molecule has 0 atom stereocenters. The maximum absolute atomic E-state index is 10.9. The van der Waals surface area contributed by atoms with Crippen molar-refractivity contribution in [1.29, 1.82) is 0 Å². The minimum atomic E-state index is -0.167. The molecule has 1 aromatic carbocycles. The van der Waals surface area contributed by atoms with E-state index in [-0.39, 0.29) is 11.8 Å². The van der Waals surface area contributed by atoms with Gasteiger partial charge in [0.15, 0.2) is 0 Å². The summed E-state index contributed by atoms with van der Waals surface area (Å²) in [5.74, 6) is 5.43. The van der Waals surface area contributed by atoms with Crippen LogP contribution in [0.25, 0.3) is 0 Å². The van der Waals surface area contributed by atoms with Gasteiger partial charge in [-0.1, -0.05) is 0 Å². The quantitative estimate of drug-likeness (QED) is 0.299. The number of ether oxygens (including phenoxy) is 1. The molecule has 0 saturated heterocycles. The second-order valence-corrected chi connectivity index (χ2v) is 4.08. The van der Waals surface area contributed by atoms with Gasteiger partial charge in [-0.25, -0.2) is 5.84 Å². The predicted octanol–water partition coefficient (Wildman–Crippen LogP) is 1.18. The van der Waals surface area contributed by atoms with Crippen molar-refractivity contribution < 1.29 is 14.3 Å². The van der Waals surface area contributed by atoms with Gasteiger partial charge in [-0.3, -0.25) is 15.0 Å². The van der Waals surface area contributed by atoms with E-state index in [9.17, 15) is 9.59 Å². The molecule has 0 unspecified atom stereocenters. The van der Waals surface area contributed by atoms with Crippen LogP contribution in [0.4, 0.5) is 5.69 Å². The van der Waals surface area contributed by atoms with E-state index in [1.807, 2.05) is 0 Å². The molecule has 6 heteroatoms. The summed E-state index contributed by atoms with van der Waals surface area (Å²) in [5, 5.41) is 2.68. The molecule has 0 aromatic heterocycles. The zero-order valence-electron chi connectivity index (χ0n) is 10.9. The molecule has 0 radical (unpaired) electrons. The molecule has 1 aromatic rings. The highest BCUT2D eigenvalue weighted by atomic mass is 16.5. The largest absolute Gasteiger partial charge is 0.494 e. The lowest BCUT2D eigenvalue weighted by molar-refractivity contribution is -0.121. The average Bonchev–Trinajstić information content (AvgIpc) is 2.39. The van der Waals surface area contributed by atoms with Crippen molar-refractivity contribution in [3.05, 3.63) is 24.3 Å². The summed E-state index contributed by atoms with van der Waals surface area (Å²) in [6.07, 6.45) is 1.91. The lowest BCUT2D eigenvalue weighted by Crippen LogP contribution is -2.29. The zero-order valence-corrected chi connectivity index (χ0v) is 10.9. The van der Waals surface area contributed by atoms with Crippen LogP contribution in [0.2, 0.25) is 0 Å². The van der Waals surface area contributed by atoms with Gasteiger partial charge in [0.25, 0.3) is 0 Å².